The molecule has 0 N–H and O–H groups in total. The summed E-state index contributed by atoms with van der Waals surface area (Å²) < 4.78 is 17.2. The van der Waals surface area contributed by atoms with Crippen LogP contribution in [0.15, 0.2) is 16.6 Å². The van der Waals surface area contributed by atoms with Gasteiger partial charge in [-0.3, -0.25) is 0 Å². The van der Waals surface area contributed by atoms with Crippen molar-refractivity contribution in [2.45, 2.75) is 19.2 Å². The Bertz CT molecular complexity index is 356. The van der Waals surface area contributed by atoms with E-state index < -0.39 is 0 Å². The van der Waals surface area contributed by atoms with Gasteiger partial charge in [0.15, 0.2) is 18.3 Å². The zero-order valence-corrected chi connectivity index (χ0v) is 13.1. The first kappa shape index (κ1) is 14.8. The molecule has 96 valence electrons. The second kappa shape index (κ2) is 7.95. The van der Waals surface area contributed by atoms with Crippen LogP contribution in [0.3, 0.4) is 0 Å². The SMILES string of the molecule is CCOCOc1c(Br)cc(CBr)cc1OCC. The van der Waals surface area contributed by atoms with Crippen LogP contribution in [0.1, 0.15) is 19.4 Å². The summed E-state index contributed by atoms with van der Waals surface area (Å²) in [5, 5.41) is 0.775. The molecule has 0 aromatic heterocycles. The summed E-state index contributed by atoms with van der Waals surface area (Å²) in [6, 6.07) is 3.96. The fourth-order valence-electron chi connectivity index (χ4n) is 1.29. The highest BCUT2D eigenvalue weighted by Crippen LogP contribution is 2.37. The molecular weight excluding hydrogens is 352 g/mol. The highest BCUT2D eigenvalue weighted by atomic mass is 79.9. The third kappa shape index (κ3) is 4.48. The molecule has 0 saturated heterocycles. The normalized spacial score (nSPS) is 10.4. The Balaban J connectivity index is 2.90. The minimum absolute atomic E-state index is 0.225. The largest absolute Gasteiger partial charge is 0.490 e. The van der Waals surface area contributed by atoms with Crippen molar-refractivity contribution in [3.05, 3.63) is 22.2 Å². The van der Waals surface area contributed by atoms with Crippen molar-refractivity contribution in [2.24, 2.45) is 0 Å². The van der Waals surface area contributed by atoms with E-state index in [1.165, 1.54) is 0 Å². The molecule has 0 fully saturated rings. The first-order valence-electron chi connectivity index (χ1n) is 5.44. The summed E-state index contributed by atoms with van der Waals surface area (Å²) in [5.41, 5.74) is 1.13. The lowest BCUT2D eigenvalue weighted by Gasteiger charge is -2.14. The molecular formula is C12H16Br2O3. The van der Waals surface area contributed by atoms with E-state index in [0.717, 1.165) is 21.1 Å². The number of halogens is 2. The Morgan fingerprint density at radius 3 is 2.47 bits per heavy atom. The standard InChI is InChI=1S/C12H16Br2O3/c1-3-15-8-17-12-10(14)5-9(7-13)6-11(12)16-4-2/h5-6H,3-4,7-8H2,1-2H3. The number of rotatable bonds is 7. The van der Waals surface area contributed by atoms with Crippen LogP contribution in [0.4, 0.5) is 0 Å². The highest BCUT2D eigenvalue weighted by Gasteiger charge is 2.11. The van der Waals surface area contributed by atoms with Gasteiger partial charge in [-0.2, -0.15) is 0 Å². The van der Waals surface area contributed by atoms with Crippen LogP contribution in [0.2, 0.25) is 0 Å². The van der Waals surface area contributed by atoms with Gasteiger partial charge in [-0.05, 0) is 47.5 Å². The summed E-state index contributed by atoms with van der Waals surface area (Å²) in [5.74, 6) is 1.42. The smallest absolute Gasteiger partial charge is 0.189 e. The van der Waals surface area contributed by atoms with E-state index in [4.69, 9.17) is 14.2 Å². The summed E-state index contributed by atoms with van der Waals surface area (Å²) in [6.45, 7) is 5.32. The fourth-order valence-corrected chi connectivity index (χ4v) is 2.21. The quantitative estimate of drug-likeness (QED) is 0.412. The molecule has 5 heteroatoms. The molecule has 0 atom stereocenters. The molecule has 0 unspecified atom stereocenters. The lowest BCUT2D eigenvalue weighted by Crippen LogP contribution is -2.05. The molecule has 0 saturated carbocycles. The van der Waals surface area contributed by atoms with Gasteiger partial charge in [0.25, 0.3) is 0 Å². The highest BCUT2D eigenvalue weighted by molar-refractivity contribution is 9.10. The van der Waals surface area contributed by atoms with Crippen LogP contribution >= 0.6 is 31.9 Å². The van der Waals surface area contributed by atoms with E-state index in [9.17, 15) is 0 Å². The van der Waals surface area contributed by atoms with Gasteiger partial charge in [0.1, 0.15) is 0 Å². The van der Waals surface area contributed by atoms with Gasteiger partial charge in [0.05, 0.1) is 11.1 Å². The summed E-state index contributed by atoms with van der Waals surface area (Å²) >= 11 is 6.90. The zero-order chi connectivity index (χ0) is 12.7. The molecule has 0 heterocycles. The maximum atomic E-state index is 5.56. The van der Waals surface area contributed by atoms with Gasteiger partial charge in [-0.15, -0.1) is 0 Å². The monoisotopic (exact) mass is 366 g/mol. The second-order valence-corrected chi connectivity index (χ2v) is 4.64. The van der Waals surface area contributed by atoms with Crippen molar-refractivity contribution in [3.8, 4) is 11.5 Å². The van der Waals surface area contributed by atoms with Crippen molar-refractivity contribution in [1.82, 2.24) is 0 Å². The second-order valence-electron chi connectivity index (χ2n) is 3.23. The minimum Gasteiger partial charge on any atom is -0.490 e. The molecule has 17 heavy (non-hydrogen) atoms. The zero-order valence-electron chi connectivity index (χ0n) is 9.96. The number of ether oxygens (including phenoxy) is 3. The van der Waals surface area contributed by atoms with E-state index in [1.54, 1.807) is 0 Å². The molecule has 0 bridgehead atoms. The Labute approximate surface area is 119 Å². The predicted octanol–water partition coefficient (Wildman–Crippen LogP) is 4.12. The molecule has 1 rings (SSSR count). The summed E-state index contributed by atoms with van der Waals surface area (Å²) in [6.07, 6.45) is 0. The first-order valence-corrected chi connectivity index (χ1v) is 7.36. The Hall–Kier alpha value is -0.260. The predicted molar refractivity (Wildman–Crippen MR) is 75.1 cm³/mol. The lowest BCUT2D eigenvalue weighted by molar-refractivity contribution is 0.0201. The maximum absolute atomic E-state index is 5.56. The van der Waals surface area contributed by atoms with E-state index >= 15 is 0 Å². The molecule has 0 aliphatic heterocycles. The van der Waals surface area contributed by atoms with Crippen molar-refractivity contribution in [2.75, 3.05) is 20.0 Å². The van der Waals surface area contributed by atoms with Gasteiger partial charge in [0.2, 0.25) is 0 Å². The average Bonchev–Trinajstić information content (AvgIpc) is 2.32. The molecule has 0 radical (unpaired) electrons. The lowest BCUT2D eigenvalue weighted by atomic mass is 10.2. The number of benzene rings is 1. The third-order valence-corrected chi connectivity index (χ3v) is 3.25. The van der Waals surface area contributed by atoms with E-state index in [1.807, 2.05) is 26.0 Å². The molecule has 0 aliphatic carbocycles. The van der Waals surface area contributed by atoms with Crippen molar-refractivity contribution < 1.29 is 14.2 Å². The van der Waals surface area contributed by atoms with E-state index in [0.29, 0.717) is 19.0 Å². The third-order valence-electron chi connectivity index (χ3n) is 2.01. The van der Waals surface area contributed by atoms with E-state index in [2.05, 4.69) is 31.9 Å². The van der Waals surface area contributed by atoms with Gasteiger partial charge in [-0.1, -0.05) is 15.9 Å². The van der Waals surface area contributed by atoms with Gasteiger partial charge in [-0.25, -0.2) is 0 Å². The van der Waals surface area contributed by atoms with Crippen LogP contribution in [0.25, 0.3) is 0 Å². The minimum atomic E-state index is 0.225. The number of hydrogen-bond donors (Lipinski definition) is 0. The summed E-state index contributed by atoms with van der Waals surface area (Å²) in [7, 11) is 0. The van der Waals surface area contributed by atoms with E-state index in [-0.39, 0.29) is 6.79 Å². The number of alkyl halides is 1. The van der Waals surface area contributed by atoms with Crippen molar-refractivity contribution >= 4 is 31.9 Å². The molecule has 3 nitrogen and oxygen atoms in total. The molecule has 0 amide bonds. The van der Waals surface area contributed by atoms with Gasteiger partial charge < -0.3 is 14.2 Å². The van der Waals surface area contributed by atoms with Crippen LogP contribution in [-0.2, 0) is 10.1 Å². The van der Waals surface area contributed by atoms with Crippen molar-refractivity contribution in [3.63, 3.8) is 0 Å². The topological polar surface area (TPSA) is 27.7 Å². The van der Waals surface area contributed by atoms with Crippen molar-refractivity contribution in [1.29, 1.82) is 0 Å². The average molecular weight is 368 g/mol. The fraction of sp³-hybridized carbons (Fsp3) is 0.500. The Morgan fingerprint density at radius 1 is 1.12 bits per heavy atom. The molecule has 1 aromatic rings. The maximum Gasteiger partial charge on any atom is 0.189 e. The Morgan fingerprint density at radius 2 is 1.88 bits per heavy atom. The van der Waals surface area contributed by atoms with Crippen LogP contribution in [-0.4, -0.2) is 20.0 Å². The van der Waals surface area contributed by atoms with Gasteiger partial charge >= 0.3 is 0 Å². The first-order chi connectivity index (χ1) is 8.22. The number of hydrogen-bond acceptors (Lipinski definition) is 3. The molecule has 0 aliphatic rings. The van der Waals surface area contributed by atoms with Gasteiger partial charge in [0, 0.05) is 11.9 Å². The van der Waals surface area contributed by atoms with Crippen LogP contribution in [0, 0.1) is 0 Å². The van der Waals surface area contributed by atoms with Crippen LogP contribution in [0.5, 0.6) is 11.5 Å². The summed E-state index contributed by atoms with van der Waals surface area (Å²) in [4.78, 5) is 0. The molecule has 1 aromatic carbocycles. The molecule has 0 spiro atoms. The Kier molecular flexibility index (Phi) is 6.92. The van der Waals surface area contributed by atoms with Crippen LogP contribution < -0.4 is 9.47 Å².